The van der Waals surface area contributed by atoms with Gasteiger partial charge in [-0.15, -0.1) is 11.3 Å². The maximum atomic E-state index is 13.0. The number of hydrogen-bond acceptors (Lipinski definition) is 7. The number of amides is 3. The number of piperidine rings is 1. The fraction of sp³-hybridized carbons (Fsp3) is 0.500. The van der Waals surface area contributed by atoms with Gasteiger partial charge in [0.2, 0.25) is 5.91 Å². The summed E-state index contributed by atoms with van der Waals surface area (Å²) in [5.41, 5.74) is 1.27. The summed E-state index contributed by atoms with van der Waals surface area (Å²) in [7, 11) is 0. The molecule has 2 aliphatic rings. The number of nitrogens with zero attached hydrogens (tertiary/aromatic N) is 2. The molecule has 3 heterocycles. The van der Waals surface area contributed by atoms with Crippen molar-refractivity contribution in [3.05, 3.63) is 51.2 Å². The van der Waals surface area contributed by atoms with Crippen molar-refractivity contribution in [1.82, 2.24) is 15.5 Å². The summed E-state index contributed by atoms with van der Waals surface area (Å²) < 4.78 is 11.8. The molecule has 200 valence electrons. The third-order valence-corrected chi connectivity index (χ3v) is 7.61. The van der Waals surface area contributed by atoms with E-state index in [1.807, 2.05) is 0 Å². The molecular formula is C26H33ClN4O5S. The molecule has 37 heavy (non-hydrogen) atoms. The lowest BCUT2D eigenvalue weighted by atomic mass is 10.1. The third kappa shape index (κ3) is 8.24. The number of hydrogen-bond donors (Lipinski definition) is 2. The van der Waals surface area contributed by atoms with Gasteiger partial charge >= 0.3 is 0 Å². The first-order valence-corrected chi connectivity index (χ1v) is 13.8. The summed E-state index contributed by atoms with van der Waals surface area (Å²) in [6.07, 6.45) is 2.45. The van der Waals surface area contributed by atoms with Gasteiger partial charge in [0.25, 0.3) is 11.8 Å². The molecule has 2 fully saturated rings. The van der Waals surface area contributed by atoms with Gasteiger partial charge in [0, 0.05) is 50.4 Å². The summed E-state index contributed by atoms with van der Waals surface area (Å²) in [4.78, 5) is 42.3. The lowest BCUT2D eigenvalue weighted by Gasteiger charge is -2.27. The Hall–Kier alpha value is -2.50. The molecule has 0 bridgehead atoms. The average Bonchev–Trinajstić information content (AvgIpc) is 3.36. The van der Waals surface area contributed by atoms with Crippen molar-refractivity contribution in [3.63, 3.8) is 0 Å². The van der Waals surface area contributed by atoms with E-state index < -0.39 is 6.04 Å². The smallest absolute Gasteiger partial charge is 0.261 e. The molecule has 2 N–H and O–H groups in total. The van der Waals surface area contributed by atoms with E-state index in [0.29, 0.717) is 34.3 Å². The van der Waals surface area contributed by atoms with Crippen LogP contribution in [0.2, 0.25) is 4.34 Å². The SMILES string of the molecule is O=C(NC(CNC(=O)c1ccc(Cl)s1)COCCN1CCOCC1)c1ccc(N2CCCCC2=O)cc1. The normalized spacial score (nSPS) is 17.4. The fourth-order valence-corrected chi connectivity index (χ4v) is 5.23. The van der Waals surface area contributed by atoms with Gasteiger partial charge in [-0.3, -0.25) is 19.3 Å². The molecule has 11 heteroatoms. The number of ether oxygens (including phenoxy) is 2. The average molecular weight is 549 g/mol. The second-order valence-corrected chi connectivity index (χ2v) is 10.8. The van der Waals surface area contributed by atoms with Crippen molar-refractivity contribution >= 4 is 46.3 Å². The largest absolute Gasteiger partial charge is 0.379 e. The minimum absolute atomic E-state index is 0.112. The maximum absolute atomic E-state index is 13.0. The van der Waals surface area contributed by atoms with Crippen molar-refractivity contribution in [1.29, 1.82) is 0 Å². The van der Waals surface area contributed by atoms with Crippen LogP contribution < -0.4 is 15.5 Å². The standard InChI is InChI=1S/C26H33ClN4O5S/c27-23-9-8-22(37-23)26(34)28-17-20(18-36-16-13-30-11-14-35-15-12-30)29-25(33)19-4-6-21(7-5-19)31-10-2-1-3-24(31)32/h4-9,20H,1-3,10-18H2,(H,28,34)(H,29,33). The van der Waals surface area contributed by atoms with Gasteiger partial charge in [0.05, 0.1) is 41.7 Å². The molecule has 0 radical (unpaired) electrons. The molecule has 2 aromatic rings. The van der Waals surface area contributed by atoms with Crippen LogP contribution in [0.4, 0.5) is 5.69 Å². The van der Waals surface area contributed by atoms with Gasteiger partial charge in [-0.25, -0.2) is 0 Å². The summed E-state index contributed by atoms with van der Waals surface area (Å²) in [6, 6.07) is 9.95. The highest BCUT2D eigenvalue weighted by atomic mass is 35.5. The van der Waals surface area contributed by atoms with Crippen molar-refractivity contribution < 1.29 is 23.9 Å². The number of morpholine rings is 1. The Kier molecular flexibility index (Phi) is 10.3. The Balaban J connectivity index is 1.32. The first-order valence-electron chi connectivity index (χ1n) is 12.6. The molecule has 1 atom stereocenters. The van der Waals surface area contributed by atoms with Crippen molar-refractivity contribution in [2.45, 2.75) is 25.3 Å². The van der Waals surface area contributed by atoms with Crippen LogP contribution in [0.1, 0.15) is 39.3 Å². The second-order valence-electron chi connectivity index (χ2n) is 9.06. The summed E-state index contributed by atoms with van der Waals surface area (Å²) >= 11 is 7.15. The van der Waals surface area contributed by atoms with E-state index >= 15 is 0 Å². The molecular weight excluding hydrogens is 516 g/mol. The number of rotatable bonds is 11. The number of nitrogens with one attached hydrogen (secondary N) is 2. The van der Waals surface area contributed by atoms with Crippen LogP contribution in [0, 0.1) is 0 Å². The van der Waals surface area contributed by atoms with E-state index in [1.165, 1.54) is 11.3 Å². The van der Waals surface area contributed by atoms with Gasteiger partial charge in [-0.2, -0.15) is 0 Å². The number of anilines is 1. The van der Waals surface area contributed by atoms with Gasteiger partial charge in [0.15, 0.2) is 0 Å². The summed E-state index contributed by atoms with van der Waals surface area (Å²) in [5.74, 6) is -0.410. The molecule has 0 spiro atoms. The minimum atomic E-state index is -0.431. The fourth-order valence-electron chi connectivity index (χ4n) is 4.28. The Morgan fingerprint density at radius 3 is 2.54 bits per heavy atom. The highest BCUT2D eigenvalue weighted by Crippen LogP contribution is 2.22. The molecule has 2 saturated heterocycles. The molecule has 1 aromatic carbocycles. The number of benzene rings is 1. The predicted octanol–water partition coefficient (Wildman–Crippen LogP) is 2.80. The van der Waals surface area contributed by atoms with Crippen LogP contribution in [0.15, 0.2) is 36.4 Å². The van der Waals surface area contributed by atoms with Crippen LogP contribution in [0.3, 0.4) is 0 Å². The van der Waals surface area contributed by atoms with Crippen molar-refractivity contribution in [2.75, 3.05) is 64.1 Å². The van der Waals surface area contributed by atoms with Crippen LogP contribution in [0.25, 0.3) is 0 Å². The zero-order valence-electron chi connectivity index (χ0n) is 20.7. The van der Waals surface area contributed by atoms with E-state index in [0.717, 1.165) is 51.4 Å². The van der Waals surface area contributed by atoms with Crippen LogP contribution in [0.5, 0.6) is 0 Å². The van der Waals surface area contributed by atoms with Crippen LogP contribution >= 0.6 is 22.9 Å². The first-order chi connectivity index (χ1) is 18.0. The quantitative estimate of drug-likeness (QED) is 0.419. The van der Waals surface area contributed by atoms with E-state index in [1.54, 1.807) is 41.3 Å². The Morgan fingerprint density at radius 1 is 1.05 bits per heavy atom. The van der Waals surface area contributed by atoms with Gasteiger partial charge in [-0.1, -0.05) is 11.6 Å². The lowest BCUT2D eigenvalue weighted by molar-refractivity contribution is -0.119. The topological polar surface area (TPSA) is 100 Å². The van der Waals surface area contributed by atoms with E-state index in [4.69, 9.17) is 21.1 Å². The highest BCUT2D eigenvalue weighted by Gasteiger charge is 2.21. The zero-order chi connectivity index (χ0) is 26.0. The number of carbonyl (C=O) groups excluding carboxylic acids is 3. The van der Waals surface area contributed by atoms with Crippen molar-refractivity contribution in [3.8, 4) is 0 Å². The van der Waals surface area contributed by atoms with Crippen LogP contribution in [-0.4, -0.2) is 87.8 Å². The molecule has 0 aliphatic carbocycles. The zero-order valence-corrected chi connectivity index (χ0v) is 22.3. The van der Waals surface area contributed by atoms with E-state index in [2.05, 4.69) is 15.5 Å². The lowest BCUT2D eigenvalue weighted by Crippen LogP contribution is -2.46. The Morgan fingerprint density at radius 2 is 1.84 bits per heavy atom. The van der Waals surface area contributed by atoms with Gasteiger partial charge in [-0.05, 0) is 49.2 Å². The van der Waals surface area contributed by atoms with Crippen LogP contribution in [-0.2, 0) is 14.3 Å². The molecule has 2 aliphatic heterocycles. The van der Waals surface area contributed by atoms with Crippen molar-refractivity contribution in [2.24, 2.45) is 0 Å². The summed E-state index contributed by atoms with van der Waals surface area (Å²) in [6.45, 7) is 5.65. The Labute approximate surface area is 226 Å². The van der Waals surface area contributed by atoms with E-state index in [-0.39, 0.29) is 30.9 Å². The number of carbonyl (C=O) groups is 3. The molecule has 9 nitrogen and oxygen atoms in total. The predicted molar refractivity (Wildman–Crippen MR) is 144 cm³/mol. The monoisotopic (exact) mass is 548 g/mol. The Bertz CT molecular complexity index is 1060. The highest BCUT2D eigenvalue weighted by molar-refractivity contribution is 7.18. The molecule has 4 rings (SSSR count). The van der Waals surface area contributed by atoms with Gasteiger partial charge < -0.3 is 25.0 Å². The van der Waals surface area contributed by atoms with Gasteiger partial charge in [0.1, 0.15) is 0 Å². The minimum Gasteiger partial charge on any atom is -0.379 e. The molecule has 1 aromatic heterocycles. The third-order valence-electron chi connectivity index (χ3n) is 6.38. The second kappa shape index (κ2) is 13.9. The summed E-state index contributed by atoms with van der Waals surface area (Å²) in [5, 5.41) is 5.84. The molecule has 0 saturated carbocycles. The molecule has 1 unspecified atom stereocenters. The number of halogens is 1. The first kappa shape index (κ1) is 27.5. The maximum Gasteiger partial charge on any atom is 0.261 e. The number of thiophene rings is 1. The van der Waals surface area contributed by atoms with E-state index in [9.17, 15) is 14.4 Å². The molecule has 3 amide bonds.